The van der Waals surface area contributed by atoms with E-state index in [1.54, 1.807) is 28.9 Å². The van der Waals surface area contributed by atoms with Gasteiger partial charge in [-0.1, -0.05) is 6.92 Å². The van der Waals surface area contributed by atoms with Crippen LogP contribution in [0.2, 0.25) is 0 Å². The molecule has 0 fully saturated rings. The van der Waals surface area contributed by atoms with Gasteiger partial charge in [-0.25, -0.2) is 9.78 Å². The number of pyridine rings is 1. The van der Waals surface area contributed by atoms with Gasteiger partial charge in [0.15, 0.2) is 5.82 Å². The number of urea groups is 1. The molecule has 112 valence electrons. The summed E-state index contributed by atoms with van der Waals surface area (Å²) in [7, 11) is 1.83. The number of amides is 2. The number of hydrogen-bond donors (Lipinski definition) is 2. The molecule has 0 saturated carbocycles. The highest BCUT2D eigenvalue weighted by Crippen LogP contribution is 2.16. The Hall–Kier alpha value is -2.09. The third-order valence-corrected chi connectivity index (χ3v) is 3.59. The summed E-state index contributed by atoms with van der Waals surface area (Å²) < 4.78 is 1.77. The van der Waals surface area contributed by atoms with Crippen LogP contribution < -0.4 is 10.6 Å². The Morgan fingerprint density at radius 1 is 1.48 bits per heavy atom. The Morgan fingerprint density at radius 2 is 2.29 bits per heavy atom. The molecule has 1 atom stereocenters. The standard InChI is InChI=1S/C13H18N6OS/c1-4-21-11-6-5-10(7-14-11)17-13(20)16-9(2)12-18-15-8-19(12)3/h5-9H,4H2,1-3H3,(H2,16,17,20)/t9-/m0/s1. The van der Waals surface area contributed by atoms with Crippen LogP contribution in [0.4, 0.5) is 10.5 Å². The molecule has 0 aliphatic carbocycles. The highest BCUT2D eigenvalue weighted by Gasteiger charge is 2.14. The first-order valence-corrected chi connectivity index (χ1v) is 7.59. The Bertz CT molecular complexity index is 597. The molecule has 2 heterocycles. The van der Waals surface area contributed by atoms with Crippen molar-refractivity contribution in [3.8, 4) is 0 Å². The number of rotatable bonds is 5. The summed E-state index contributed by atoms with van der Waals surface area (Å²) in [5.41, 5.74) is 0.651. The predicted molar refractivity (Wildman–Crippen MR) is 82.2 cm³/mol. The third kappa shape index (κ3) is 4.19. The molecule has 0 spiro atoms. The summed E-state index contributed by atoms with van der Waals surface area (Å²) in [6, 6.07) is 3.18. The van der Waals surface area contributed by atoms with Crippen LogP contribution in [0.15, 0.2) is 29.7 Å². The maximum atomic E-state index is 11.9. The minimum Gasteiger partial charge on any atom is -0.328 e. The molecular weight excluding hydrogens is 288 g/mol. The van der Waals surface area contributed by atoms with E-state index in [0.717, 1.165) is 10.8 Å². The number of aryl methyl sites for hydroxylation is 1. The van der Waals surface area contributed by atoms with Crippen LogP contribution in [0.1, 0.15) is 25.7 Å². The first kappa shape index (κ1) is 15.3. The van der Waals surface area contributed by atoms with E-state index in [9.17, 15) is 4.79 Å². The van der Waals surface area contributed by atoms with E-state index in [1.165, 1.54) is 0 Å². The Balaban J connectivity index is 1.91. The number of anilines is 1. The fraction of sp³-hybridized carbons (Fsp3) is 0.385. The second kappa shape index (κ2) is 7.07. The third-order valence-electron chi connectivity index (χ3n) is 2.77. The number of hydrogen-bond acceptors (Lipinski definition) is 5. The number of carbonyl (C=O) groups excluding carboxylic acids is 1. The fourth-order valence-corrected chi connectivity index (χ4v) is 2.39. The van der Waals surface area contributed by atoms with Gasteiger partial charge in [0, 0.05) is 7.05 Å². The summed E-state index contributed by atoms with van der Waals surface area (Å²) in [4.78, 5) is 16.2. The number of thioether (sulfide) groups is 1. The lowest BCUT2D eigenvalue weighted by atomic mass is 10.3. The van der Waals surface area contributed by atoms with Gasteiger partial charge in [0.2, 0.25) is 0 Å². The van der Waals surface area contributed by atoms with Crippen molar-refractivity contribution in [2.75, 3.05) is 11.1 Å². The number of carbonyl (C=O) groups is 1. The van der Waals surface area contributed by atoms with E-state index < -0.39 is 0 Å². The van der Waals surface area contributed by atoms with Crippen LogP contribution in [-0.2, 0) is 7.05 Å². The summed E-state index contributed by atoms with van der Waals surface area (Å²) in [6.07, 6.45) is 3.24. The van der Waals surface area contributed by atoms with Gasteiger partial charge in [-0.15, -0.1) is 22.0 Å². The van der Waals surface area contributed by atoms with Crippen molar-refractivity contribution in [3.05, 3.63) is 30.5 Å². The summed E-state index contributed by atoms with van der Waals surface area (Å²) in [6.45, 7) is 3.92. The highest BCUT2D eigenvalue weighted by molar-refractivity contribution is 7.99. The Morgan fingerprint density at radius 3 is 2.86 bits per heavy atom. The maximum Gasteiger partial charge on any atom is 0.319 e. The minimum atomic E-state index is -0.303. The average molecular weight is 306 g/mol. The Kier molecular flexibility index (Phi) is 5.15. The molecule has 0 aromatic carbocycles. The lowest BCUT2D eigenvalue weighted by Gasteiger charge is -2.13. The quantitative estimate of drug-likeness (QED) is 0.827. The van der Waals surface area contributed by atoms with Gasteiger partial charge in [-0.3, -0.25) is 0 Å². The first-order valence-electron chi connectivity index (χ1n) is 6.60. The lowest BCUT2D eigenvalue weighted by molar-refractivity contribution is 0.248. The summed E-state index contributed by atoms with van der Waals surface area (Å²) in [5, 5.41) is 14.2. The largest absolute Gasteiger partial charge is 0.328 e. The van der Waals surface area contributed by atoms with E-state index in [4.69, 9.17) is 0 Å². The Labute approximate surface area is 127 Å². The van der Waals surface area contributed by atoms with Crippen LogP contribution in [0, 0.1) is 0 Å². The van der Waals surface area contributed by atoms with Crippen LogP contribution in [0.3, 0.4) is 0 Å². The molecule has 7 nitrogen and oxygen atoms in total. The van der Waals surface area contributed by atoms with Gasteiger partial charge in [0.05, 0.1) is 23.0 Å². The van der Waals surface area contributed by atoms with Crippen molar-refractivity contribution in [1.82, 2.24) is 25.1 Å². The molecule has 0 saturated heterocycles. The molecule has 2 aromatic heterocycles. The van der Waals surface area contributed by atoms with E-state index >= 15 is 0 Å². The van der Waals surface area contributed by atoms with Gasteiger partial charge < -0.3 is 15.2 Å². The van der Waals surface area contributed by atoms with Gasteiger partial charge >= 0.3 is 6.03 Å². The zero-order valence-corrected chi connectivity index (χ0v) is 13.0. The van der Waals surface area contributed by atoms with Crippen LogP contribution in [-0.4, -0.2) is 31.5 Å². The summed E-state index contributed by atoms with van der Waals surface area (Å²) >= 11 is 1.66. The van der Waals surface area contributed by atoms with Crippen LogP contribution in [0.5, 0.6) is 0 Å². The van der Waals surface area contributed by atoms with Crippen molar-refractivity contribution >= 4 is 23.5 Å². The van der Waals surface area contributed by atoms with Gasteiger partial charge in [-0.2, -0.15) is 0 Å². The topological polar surface area (TPSA) is 84.7 Å². The van der Waals surface area contributed by atoms with Gasteiger partial charge in [0.25, 0.3) is 0 Å². The second-order valence-corrected chi connectivity index (χ2v) is 5.72. The lowest BCUT2D eigenvalue weighted by Crippen LogP contribution is -2.32. The SMILES string of the molecule is CCSc1ccc(NC(=O)N[C@@H](C)c2nncn2C)cn1. The predicted octanol–water partition coefficient (Wildman–Crippen LogP) is 2.20. The molecule has 2 N–H and O–H groups in total. The van der Waals surface area contributed by atoms with E-state index in [2.05, 4.69) is 32.7 Å². The maximum absolute atomic E-state index is 11.9. The van der Waals surface area contributed by atoms with Crippen molar-refractivity contribution in [1.29, 1.82) is 0 Å². The molecule has 2 amide bonds. The van der Waals surface area contributed by atoms with Gasteiger partial charge in [0.1, 0.15) is 6.33 Å². The molecule has 2 aromatic rings. The van der Waals surface area contributed by atoms with Crippen molar-refractivity contribution in [2.24, 2.45) is 7.05 Å². The molecule has 8 heteroatoms. The second-order valence-electron chi connectivity index (χ2n) is 4.44. The van der Waals surface area contributed by atoms with Crippen molar-refractivity contribution < 1.29 is 4.79 Å². The van der Waals surface area contributed by atoms with Crippen LogP contribution >= 0.6 is 11.8 Å². The number of aromatic nitrogens is 4. The fourth-order valence-electron chi connectivity index (χ4n) is 1.80. The highest BCUT2D eigenvalue weighted by atomic mass is 32.2. The van der Waals surface area contributed by atoms with Gasteiger partial charge in [-0.05, 0) is 24.8 Å². The first-order chi connectivity index (χ1) is 10.1. The molecule has 0 bridgehead atoms. The molecule has 2 rings (SSSR count). The number of nitrogens with one attached hydrogen (secondary N) is 2. The zero-order chi connectivity index (χ0) is 15.2. The normalized spacial score (nSPS) is 12.0. The molecule has 0 unspecified atom stereocenters. The van der Waals surface area contributed by atoms with Crippen molar-refractivity contribution in [3.63, 3.8) is 0 Å². The van der Waals surface area contributed by atoms with E-state index in [1.807, 2.05) is 26.1 Å². The molecule has 0 aliphatic rings. The van der Waals surface area contributed by atoms with Crippen molar-refractivity contribution in [2.45, 2.75) is 24.9 Å². The minimum absolute atomic E-state index is 0.236. The zero-order valence-electron chi connectivity index (χ0n) is 12.2. The van der Waals surface area contributed by atoms with E-state index in [0.29, 0.717) is 11.5 Å². The molecule has 0 radical (unpaired) electrons. The van der Waals surface area contributed by atoms with E-state index in [-0.39, 0.29) is 12.1 Å². The molecule has 0 aliphatic heterocycles. The summed E-state index contributed by atoms with van der Waals surface area (Å²) in [5.74, 6) is 1.66. The van der Waals surface area contributed by atoms with Crippen LogP contribution in [0.25, 0.3) is 0 Å². The average Bonchev–Trinajstić information content (AvgIpc) is 2.87. The monoisotopic (exact) mass is 306 g/mol. The number of nitrogens with zero attached hydrogens (tertiary/aromatic N) is 4. The smallest absolute Gasteiger partial charge is 0.319 e. The molecular formula is C13H18N6OS. The molecule has 21 heavy (non-hydrogen) atoms.